The van der Waals surface area contributed by atoms with Gasteiger partial charge in [-0.1, -0.05) is 57.8 Å². The lowest BCUT2D eigenvalue weighted by atomic mass is 9.98. The molecule has 0 heterocycles. The molecule has 0 fully saturated rings. The number of halogens is 2. The molecular formula is C14H20Br2O. The lowest BCUT2D eigenvalue weighted by Gasteiger charge is -2.15. The third kappa shape index (κ3) is 6.03. The van der Waals surface area contributed by atoms with Gasteiger partial charge in [0.15, 0.2) is 0 Å². The average Bonchev–Trinajstić information content (AvgIpc) is 2.29. The first-order chi connectivity index (χ1) is 8.13. The zero-order valence-corrected chi connectivity index (χ0v) is 13.6. The smallest absolute Gasteiger partial charge is 0.0488 e. The molecule has 0 N–H and O–H groups in total. The highest BCUT2D eigenvalue weighted by Gasteiger charge is 2.10. The summed E-state index contributed by atoms with van der Waals surface area (Å²) < 4.78 is 6.79. The molecule has 96 valence electrons. The van der Waals surface area contributed by atoms with Crippen molar-refractivity contribution in [1.82, 2.24) is 0 Å². The van der Waals surface area contributed by atoms with Gasteiger partial charge < -0.3 is 4.74 Å². The average molecular weight is 364 g/mol. The van der Waals surface area contributed by atoms with Crippen LogP contribution in [0.25, 0.3) is 0 Å². The molecule has 0 aliphatic carbocycles. The Kier molecular flexibility index (Phi) is 7.40. The minimum absolute atomic E-state index is 0.527. The number of hydrogen-bond donors (Lipinski definition) is 0. The van der Waals surface area contributed by atoms with E-state index in [1.165, 1.54) is 5.56 Å². The third-order valence-electron chi connectivity index (χ3n) is 2.57. The van der Waals surface area contributed by atoms with Crippen LogP contribution in [0.5, 0.6) is 0 Å². The second-order valence-electron chi connectivity index (χ2n) is 4.66. The Balaban J connectivity index is 2.43. The Morgan fingerprint density at radius 2 is 2.06 bits per heavy atom. The molecule has 0 saturated carbocycles. The van der Waals surface area contributed by atoms with Crippen molar-refractivity contribution >= 4 is 31.9 Å². The molecule has 17 heavy (non-hydrogen) atoms. The first kappa shape index (κ1) is 15.2. The first-order valence-corrected chi connectivity index (χ1v) is 7.94. The van der Waals surface area contributed by atoms with Crippen LogP contribution in [0.2, 0.25) is 0 Å². The second kappa shape index (κ2) is 8.28. The minimum Gasteiger partial charge on any atom is -0.381 e. The fraction of sp³-hybridized carbons (Fsp3) is 0.571. The maximum atomic E-state index is 5.65. The molecule has 0 saturated heterocycles. The van der Waals surface area contributed by atoms with Crippen LogP contribution >= 0.6 is 31.9 Å². The van der Waals surface area contributed by atoms with Gasteiger partial charge in [0.2, 0.25) is 0 Å². The van der Waals surface area contributed by atoms with E-state index in [9.17, 15) is 0 Å². The summed E-state index contributed by atoms with van der Waals surface area (Å²) >= 11 is 7.10. The van der Waals surface area contributed by atoms with Gasteiger partial charge in [0, 0.05) is 23.0 Å². The van der Waals surface area contributed by atoms with Gasteiger partial charge in [-0.3, -0.25) is 0 Å². The standard InChI is InChI=1S/C14H20Br2O/c1-11(2)10-17-7-6-13(9-15)12-4-3-5-14(16)8-12/h3-5,8,11,13H,6-7,9-10H2,1-2H3. The van der Waals surface area contributed by atoms with Gasteiger partial charge in [-0.15, -0.1) is 0 Å². The second-order valence-corrected chi connectivity index (χ2v) is 6.23. The summed E-state index contributed by atoms with van der Waals surface area (Å²) in [4.78, 5) is 0. The van der Waals surface area contributed by atoms with E-state index in [0.717, 1.165) is 29.4 Å². The van der Waals surface area contributed by atoms with E-state index in [2.05, 4.69) is 70.0 Å². The summed E-state index contributed by atoms with van der Waals surface area (Å²) in [7, 11) is 0. The minimum atomic E-state index is 0.527. The topological polar surface area (TPSA) is 9.23 Å². The van der Waals surface area contributed by atoms with Gasteiger partial charge in [0.25, 0.3) is 0 Å². The molecule has 1 aromatic rings. The van der Waals surface area contributed by atoms with Gasteiger partial charge in [0.1, 0.15) is 0 Å². The van der Waals surface area contributed by atoms with Crippen LogP contribution in [0, 0.1) is 5.92 Å². The largest absolute Gasteiger partial charge is 0.381 e. The SMILES string of the molecule is CC(C)COCCC(CBr)c1cccc(Br)c1. The summed E-state index contributed by atoms with van der Waals surface area (Å²) in [5.74, 6) is 1.14. The quantitative estimate of drug-likeness (QED) is 0.489. The third-order valence-corrected chi connectivity index (χ3v) is 3.84. The van der Waals surface area contributed by atoms with E-state index < -0.39 is 0 Å². The molecule has 1 nitrogen and oxygen atoms in total. The van der Waals surface area contributed by atoms with E-state index in [1.54, 1.807) is 0 Å². The summed E-state index contributed by atoms with van der Waals surface area (Å²) in [5.41, 5.74) is 1.37. The fourth-order valence-electron chi connectivity index (χ4n) is 1.64. The lowest BCUT2D eigenvalue weighted by Crippen LogP contribution is -2.08. The van der Waals surface area contributed by atoms with Crippen molar-refractivity contribution in [1.29, 1.82) is 0 Å². The van der Waals surface area contributed by atoms with Gasteiger partial charge in [-0.25, -0.2) is 0 Å². The van der Waals surface area contributed by atoms with Crippen LogP contribution in [-0.2, 0) is 4.74 Å². The summed E-state index contributed by atoms with van der Waals surface area (Å²) in [6.07, 6.45) is 1.06. The van der Waals surface area contributed by atoms with Crippen LogP contribution in [0.4, 0.5) is 0 Å². The molecular weight excluding hydrogens is 344 g/mol. The van der Waals surface area contributed by atoms with Crippen molar-refractivity contribution in [3.8, 4) is 0 Å². The molecule has 1 rings (SSSR count). The molecule has 3 heteroatoms. The number of rotatable bonds is 7. The van der Waals surface area contributed by atoms with Crippen molar-refractivity contribution in [3.63, 3.8) is 0 Å². The van der Waals surface area contributed by atoms with Crippen molar-refractivity contribution in [2.75, 3.05) is 18.5 Å². The molecule has 1 aromatic carbocycles. The van der Waals surface area contributed by atoms with E-state index in [0.29, 0.717) is 11.8 Å². The first-order valence-electron chi connectivity index (χ1n) is 6.02. The summed E-state index contributed by atoms with van der Waals surface area (Å²) in [6.45, 7) is 6.04. The molecule has 0 aliphatic rings. The Morgan fingerprint density at radius 3 is 2.65 bits per heavy atom. The molecule has 0 amide bonds. The fourth-order valence-corrected chi connectivity index (χ4v) is 2.75. The normalized spacial score (nSPS) is 13.0. The van der Waals surface area contributed by atoms with Crippen molar-refractivity contribution in [2.24, 2.45) is 5.92 Å². The summed E-state index contributed by atoms with van der Waals surface area (Å²) in [6, 6.07) is 8.52. The highest BCUT2D eigenvalue weighted by atomic mass is 79.9. The highest BCUT2D eigenvalue weighted by molar-refractivity contribution is 9.10. The molecule has 0 spiro atoms. The molecule has 0 aliphatic heterocycles. The van der Waals surface area contributed by atoms with E-state index in [4.69, 9.17) is 4.74 Å². The van der Waals surface area contributed by atoms with Crippen LogP contribution in [-0.4, -0.2) is 18.5 Å². The van der Waals surface area contributed by atoms with Gasteiger partial charge in [0.05, 0.1) is 0 Å². The monoisotopic (exact) mass is 362 g/mol. The van der Waals surface area contributed by atoms with Crippen molar-refractivity contribution in [3.05, 3.63) is 34.3 Å². The van der Waals surface area contributed by atoms with E-state index >= 15 is 0 Å². The lowest BCUT2D eigenvalue weighted by molar-refractivity contribution is 0.105. The zero-order valence-electron chi connectivity index (χ0n) is 10.5. The van der Waals surface area contributed by atoms with E-state index in [1.807, 2.05) is 0 Å². The molecule has 0 radical (unpaired) electrons. The van der Waals surface area contributed by atoms with Gasteiger partial charge in [-0.2, -0.15) is 0 Å². The van der Waals surface area contributed by atoms with Gasteiger partial charge >= 0.3 is 0 Å². The maximum Gasteiger partial charge on any atom is 0.0488 e. The van der Waals surface area contributed by atoms with Crippen molar-refractivity contribution in [2.45, 2.75) is 26.2 Å². The number of benzene rings is 1. The molecule has 0 bridgehead atoms. The Morgan fingerprint density at radius 1 is 1.29 bits per heavy atom. The molecule has 0 aromatic heterocycles. The van der Waals surface area contributed by atoms with Gasteiger partial charge in [-0.05, 0) is 36.0 Å². The Labute approximate surface area is 121 Å². The predicted molar refractivity (Wildman–Crippen MR) is 81.0 cm³/mol. The number of ether oxygens (including phenoxy) is 1. The van der Waals surface area contributed by atoms with Crippen LogP contribution in [0.1, 0.15) is 31.7 Å². The Hall–Kier alpha value is 0.140. The van der Waals surface area contributed by atoms with Crippen LogP contribution < -0.4 is 0 Å². The maximum absolute atomic E-state index is 5.65. The molecule has 1 unspecified atom stereocenters. The van der Waals surface area contributed by atoms with E-state index in [-0.39, 0.29) is 0 Å². The van der Waals surface area contributed by atoms with Crippen LogP contribution in [0.3, 0.4) is 0 Å². The summed E-state index contributed by atoms with van der Waals surface area (Å²) in [5, 5.41) is 0.981. The molecule has 1 atom stereocenters. The van der Waals surface area contributed by atoms with Crippen LogP contribution in [0.15, 0.2) is 28.7 Å². The van der Waals surface area contributed by atoms with Crippen molar-refractivity contribution < 1.29 is 4.74 Å². The number of hydrogen-bond acceptors (Lipinski definition) is 1. The number of alkyl halides is 1. The predicted octanol–water partition coefficient (Wildman–Crippen LogP) is 4.99. The highest BCUT2D eigenvalue weighted by Crippen LogP contribution is 2.24. The Bertz CT molecular complexity index is 326. The zero-order chi connectivity index (χ0) is 12.7.